The van der Waals surface area contributed by atoms with Gasteiger partial charge in [-0.3, -0.25) is 9.59 Å². The van der Waals surface area contributed by atoms with Crippen LogP contribution in [0.3, 0.4) is 0 Å². The molecule has 0 N–H and O–H groups in total. The van der Waals surface area contributed by atoms with Crippen LogP contribution < -0.4 is 4.80 Å². The average molecular weight is 412 g/mol. The Hall–Kier alpha value is -1.31. The fourth-order valence-electron chi connectivity index (χ4n) is 2.99. The van der Waals surface area contributed by atoms with Crippen LogP contribution in [0.4, 0.5) is 0 Å². The number of thiazole rings is 1. The summed E-state index contributed by atoms with van der Waals surface area (Å²) in [6, 6.07) is 5.62. The van der Waals surface area contributed by atoms with Crippen LogP contribution in [0.1, 0.15) is 25.7 Å². The first kappa shape index (κ1) is 19.5. The van der Waals surface area contributed by atoms with Gasteiger partial charge < -0.3 is 9.47 Å². The summed E-state index contributed by atoms with van der Waals surface area (Å²) in [5, 5.41) is 0.666. The van der Waals surface area contributed by atoms with E-state index < -0.39 is 0 Å². The number of carbonyl (C=O) groups excluding carboxylic acids is 2. The molecule has 0 bridgehead atoms. The van der Waals surface area contributed by atoms with Crippen LogP contribution in [0.25, 0.3) is 10.2 Å². The van der Waals surface area contributed by atoms with E-state index in [2.05, 4.69) is 4.99 Å². The Kier molecular flexibility index (Phi) is 6.78. The molecule has 0 unspecified atom stereocenters. The molecule has 2 heterocycles. The zero-order valence-corrected chi connectivity index (χ0v) is 17.1. The van der Waals surface area contributed by atoms with Crippen molar-refractivity contribution in [1.82, 2.24) is 9.47 Å². The summed E-state index contributed by atoms with van der Waals surface area (Å²) in [7, 11) is 1.88. The molecule has 26 heavy (non-hydrogen) atoms. The van der Waals surface area contributed by atoms with Crippen molar-refractivity contribution >= 4 is 56.7 Å². The first-order chi connectivity index (χ1) is 12.5. The predicted molar refractivity (Wildman–Crippen MR) is 109 cm³/mol. The standard InChI is InChI=1S/C18H22ClN3O2S2/c1-21-14-7-6-13(19)10-15(14)26-18(21)20-16(23)11-25-12-17(24)22-8-4-2-3-5-9-22/h6-7,10H,2-5,8-9,11-12H2,1H3. The first-order valence-corrected chi connectivity index (χ1v) is 11.1. The van der Waals surface area contributed by atoms with Gasteiger partial charge in [-0.2, -0.15) is 4.99 Å². The Morgan fingerprint density at radius 2 is 1.92 bits per heavy atom. The van der Waals surface area contributed by atoms with E-state index in [-0.39, 0.29) is 17.6 Å². The average Bonchev–Trinajstić information content (AvgIpc) is 2.81. The molecular formula is C18H22ClN3O2S2. The summed E-state index contributed by atoms with van der Waals surface area (Å²) in [6.07, 6.45) is 4.56. The summed E-state index contributed by atoms with van der Waals surface area (Å²) < 4.78 is 2.89. The van der Waals surface area contributed by atoms with E-state index >= 15 is 0 Å². The van der Waals surface area contributed by atoms with Gasteiger partial charge in [0.1, 0.15) is 0 Å². The van der Waals surface area contributed by atoms with Crippen LogP contribution in [-0.2, 0) is 16.6 Å². The van der Waals surface area contributed by atoms with Crippen molar-refractivity contribution in [2.45, 2.75) is 25.7 Å². The summed E-state index contributed by atoms with van der Waals surface area (Å²) in [5.74, 6) is 0.475. The van der Waals surface area contributed by atoms with Gasteiger partial charge in [0.25, 0.3) is 5.91 Å². The second-order valence-electron chi connectivity index (χ2n) is 6.35. The van der Waals surface area contributed by atoms with Gasteiger partial charge in [-0.25, -0.2) is 0 Å². The van der Waals surface area contributed by atoms with Crippen molar-refractivity contribution in [2.75, 3.05) is 24.6 Å². The monoisotopic (exact) mass is 411 g/mol. The van der Waals surface area contributed by atoms with Crippen molar-refractivity contribution in [2.24, 2.45) is 12.0 Å². The largest absolute Gasteiger partial charge is 0.342 e. The number of carbonyl (C=O) groups is 2. The first-order valence-electron chi connectivity index (χ1n) is 8.73. The van der Waals surface area contributed by atoms with Crippen LogP contribution >= 0.6 is 34.7 Å². The Morgan fingerprint density at radius 3 is 2.65 bits per heavy atom. The van der Waals surface area contributed by atoms with Crippen molar-refractivity contribution < 1.29 is 9.59 Å². The highest BCUT2D eigenvalue weighted by molar-refractivity contribution is 8.00. The molecule has 1 aliphatic heterocycles. The maximum absolute atomic E-state index is 12.2. The number of thioether (sulfide) groups is 1. The molecule has 5 nitrogen and oxygen atoms in total. The molecule has 0 radical (unpaired) electrons. The lowest BCUT2D eigenvalue weighted by Gasteiger charge is -2.19. The zero-order chi connectivity index (χ0) is 18.5. The number of aryl methyl sites for hydroxylation is 1. The SMILES string of the molecule is Cn1c(=NC(=O)CSCC(=O)N2CCCCCC2)sc2cc(Cl)ccc21. The molecule has 8 heteroatoms. The maximum atomic E-state index is 12.2. The van der Waals surface area contributed by atoms with Gasteiger partial charge in [0.15, 0.2) is 4.80 Å². The van der Waals surface area contributed by atoms with Crippen molar-refractivity contribution in [3.05, 3.63) is 28.0 Å². The second-order valence-corrected chi connectivity index (χ2v) is 8.78. The number of hydrogen-bond donors (Lipinski definition) is 0. The quantitative estimate of drug-likeness (QED) is 0.774. The fraction of sp³-hybridized carbons (Fsp3) is 0.500. The summed E-state index contributed by atoms with van der Waals surface area (Å²) in [6.45, 7) is 1.69. The van der Waals surface area contributed by atoms with Crippen molar-refractivity contribution in [3.63, 3.8) is 0 Å². The molecule has 1 fully saturated rings. The minimum absolute atomic E-state index is 0.131. The topological polar surface area (TPSA) is 54.7 Å². The molecule has 2 aromatic rings. The molecule has 1 aromatic heterocycles. The van der Waals surface area contributed by atoms with E-state index in [4.69, 9.17) is 11.6 Å². The van der Waals surface area contributed by atoms with Gasteiger partial charge in [-0.15, -0.1) is 11.8 Å². The molecule has 1 aromatic carbocycles. The molecule has 3 rings (SSSR count). The number of halogens is 1. The summed E-state index contributed by atoms with van der Waals surface area (Å²) >= 11 is 8.80. The Bertz CT molecular complexity index is 867. The molecule has 140 valence electrons. The van der Waals surface area contributed by atoms with Gasteiger partial charge in [-0.1, -0.05) is 35.8 Å². The number of aromatic nitrogens is 1. The number of benzene rings is 1. The van der Waals surface area contributed by atoms with Gasteiger partial charge in [0.2, 0.25) is 5.91 Å². The molecule has 2 amide bonds. The lowest BCUT2D eigenvalue weighted by molar-refractivity contribution is -0.128. The number of hydrogen-bond acceptors (Lipinski definition) is 4. The lowest BCUT2D eigenvalue weighted by atomic mass is 10.2. The number of fused-ring (bicyclic) bond motifs is 1. The molecular weight excluding hydrogens is 390 g/mol. The van der Waals surface area contributed by atoms with Crippen molar-refractivity contribution in [3.8, 4) is 0 Å². The van der Waals surface area contributed by atoms with Crippen molar-refractivity contribution in [1.29, 1.82) is 0 Å². The summed E-state index contributed by atoms with van der Waals surface area (Å²) in [4.78, 5) is 31.2. The van der Waals surface area contributed by atoms with Crippen LogP contribution in [0, 0.1) is 0 Å². The van der Waals surface area contributed by atoms with E-state index in [1.807, 2.05) is 34.7 Å². The molecule has 0 saturated carbocycles. The number of likely N-dealkylation sites (tertiary alicyclic amines) is 1. The van der Waals surface area contributed by atoms with Gasteiger partial charge >= 0.3 is 0 Å². The van der Waals surface area contributed by atoms with E-state index in [0.29, 0.717) is 15.6 Å². The van der Waals surface area contributed by atoms with E-state index in [9.17, 15) is 9.59 Å². The lowest BCUT2D eigenvalue weighted by Crippen LogP contribution is -2.33. The third kappa shape index (κ3) is 4.90. The maximum Gasteiger partial charge on any atom is 0.258 e. The highest BCUT2D eigenvalue weighted by Crippen LogP contribution is 2.21. The Morgan fingerprint density at radius 1 is 1.19 bits per heavy atom. The number of nitrogens with zero attached hydrogens (tertiary/aromatic N) is 3. The minimum atomic E-state index is -0.216. The Labute approximate surface area is 166 Å². The van der Waals surface area contributed by atoms with Gasteiger partial charge in [-0.05, 0) is 31.0 Å². The van der Waals surface area contributed by atoms with E-state index in [0.717, 1.165) is 36.1 Å². The molecule has 1 saturated heterocycles. The third-order valence-electron chi connectivity index (χ3n) is 4.40. The smallest absolute Gasteiger partial charge is 0.258 e. The normalized spacial score (nSPS) is 16.1. The fourth-order valence-corrected chi connectivity index (χ4v) is 5.00. The second kappa shape index (κ2) is 9.06. The predicted octanol–water partition coefficient (Wildman–Crippen LogP) is 3.46. The highest BCUT2D eigenvalue weighted by Gasteiger charge is 2.15. The molecule has 0 aliphatic carbocycles. The van der Waals surface area contributed by atoms with Crippen LogP contribution in [0.5, 0.6) is 0 Å². The zero-order valence-electron chi connectivity index (χ0n) is 14.7. The van der Waals surface area contributed by atoms with Crippen LogP contribution in [0.2, 0.25) is 5.02 Å². The summed E-state index contributed by atoms with van der Waals surface area (Å²) in [5.41, 5.74) is 0.995. The molecule has 0 spiro atoms. The van der Waals surface area contributed by atoms with Crippen LogP contribution in [-0.4, -0.2) is 45.9 Å². The van der Waals surface area contributed by atoms with Gasteiger partial charge in [0, 0.05) is 25.2 Å². The minimum Gasteiger partial charge on any atom is -0.342 e. The highest BCUT2D eigenvalue weighted by atomic mass is 35.5. The Balaban J connectivity index is 1.57. The molecule has 0 atom stereocenters. The number of rotatable bonds is 4. The number of amides is 2. The van der Waals surface area contributed by atoms with Crippen LogP contribution in [0.15, 0.2) is 23.2 Å². The van der Waals surface area contributed by atoms with Gasteiger partial charge in [0.05, 0.1) is 21.7 Å². The van der Waals surface area contributed by atoms with E-state index in [1.54, 1.807) is 0 Å². The third-order valence-corrected chi connectivity index (χ3v) is 6.63. The van der Waals surface area contributed by atoms with E-state index in [1.165, 1.54) is 35.9 Å². The molecule has 1 aliphatic rings.